The van der Waals surface area contributed by atoms with Gasteiger partial charge in [0.15, 0.2) is 0 Å². The first kappa shape index (κ1) is 16.1. The predicted octanol–water partition coefficient (Wildman–Crippen LogP) is 2.82. The maximum atomic E-state index is 12.4. The van der Waals surface area contributed by atoms with Crippen molar-refractivity contribution in [3.63, 3.8) is 0 Å². The molecule has 22 heavy (non-hydrogen) atoms. The Kier molecular flexibility index (Phi) is 4.16. The van der Waals surface area contributed by atoms with Crippen LogP contribution in [0.15, 0.2) is 4.40 Å². The molecule has 1 N–H and O–H groups in total. The molecule has 4 atom stereocenters. The van der Waals surface area contributed by atoms with Crippen LogP contribution >= 0.6 is 0 Å². The third-order valence-corrected chi connectivity index (χ3v) is 6.94. The molecule has 0 saturated heterocycles. The van der Waals surface area contributed by atoms with Crippen molar-refractivity contribution in [2.45, 2.75) is 83.1 Å². The molecule has 0 bridgehead atoms. The van der Waals surface area contributed by atoms with Gasteiger partial charge in [0.2, 0.25) is 0 Å². The molecule has 3 aliphatic rings. The third kappa shape index (κ3) is 3.42. The lowest BCUT2D eigenvalue weighted by Crippen LogP contribution is -2.50. The normalized spacial score (nSPS) is 40.0. The number of ether oxygens (including phenoxy) is 1. The zero-order valence-electron chi connectivity index (χ0n) is 13.8. The average Bonchev–Trinajstić information content (AvgIpc) is 2.35. The van der Waals surface area contributed by atoms with Gasteiger partial charge < -0.3 is 10.1 Å². The second kappa shape index (κ2) is 5.69. The van der Waals surface area contributed by atoms with Crippen LogP contribution in [0.3, 0.4) is 0 Å². The molecule has 126 valence electrons. The Morgan fingerprint density at radius 3 is 2.68 bits per heavy atom. The van der Waals surface area contributed by atoms with Crippen LogP contribution in [-0.2, 0) is 14.8 Å². The smallest absolute Gasteiger partial charge is 0.301 e. The summed E-state index contributed by atoms with van der Waals surface area (Å²) in [6, 6.07) is 0.478. The summed E-state index contributed by atoms with van der Waals surface area (Å²) in [6.45, 7) is 6.80. The average molecular weight is 328 g/mol. The Morgan fingerprint density at radius 1 is 1.23 bits per heavy atom. The van der Waals surface area contributed by atoms with Crippen molar-refractivity contribution in [3.8, 4) is 0 Å². The molecular formula is C16H28N2O3S. The van der Waals surface area contributed by atoms with Gasteiger partial charge >= 0.3 is 6.02 Å². The molecule has 5 nitrogen and oxygen atoms in total. The highest BCUT2D eigenvalue weighted by molar-refractivity contribution is 7.91. The zero-order valence-corrected chi connectivity index (χ0v) is 14.7. The summed E-state index contributed by atoms with van der Waals surface area (Å²) in [5.41, 5.74) is 0.275. The second-order valence-corrected chi connectivity index (χ2v) is 9.96. The first-order valence-electron chi connectivity index (χ1n) is 8.52. The van der Waals surface area contributed by atoms with E-state index in [-0.39, 0.29) is 23.6 Å². The molecule has 0 aromatic rings. The Bertz CT molecular complexity index is 556. The number of hydrogen-bond acceptors (Lipinski definition) is 4. The molecule has 2 saturated carbocycles. The largest absolute Gasteiger partial charge is 0.460 e. The number of nitrogens with zero attached hydrogens (tertiary/aromatic N) is 1. The fraction of sp³-hybridized carbons (Fsp3) is 0.938. The molecule has 0 radical (unpaired) electrons. The fourth-order valence-corrected chi connectivity index (χ4v) is 6.08. The molecule has 0 spiro atoms. The van der Waals surface area contributed by atoms with Crippen LogP contribution in [-0.4, -0.2) is 31.8 Å². The Labute approximate surface area is 134 Å². The molecule has 1 heterocycles. The molecule has 0 aromatic carbocycles. The minimum atomic E-state index is -3.43. The van der Waals surface area contributed by atoms with E-state index in [4.69, 9.17) is 4.74 Å². The topological polar surface area (TPSA) is 67.8 Å². The van der Waals surface area contributed by atoms with Crippen LogP contribution < -0.4 is 5.32 Å². The van der Waals surface area contributed by atoms with Crippen molar-refractivity contribution in [1.82, 2.24) is 5.32 Å². The summed E-state index contributed by atoms with van der Waals surface area (Å²) in [4.78, 5) is 0. The van der Waals surface area contributed by atoms with Gasteiger partial charge in [-0.3, -0.25) is 0 Å². The molecule has 0 amide bonds. The lowest BCUT2D eigenvalue weighted by molar-refractivity contribution is 0.118. The first-order valence-corrected chi connectivity index (χ1v) is 10.0. The van der Waals surface area contributed by atoms with E-state index in [0.29, 0.717) is 12.3 Å². The van der Waals surface area contributed by atoms with Gasteiger partial charge in [-0.1, -0.05) is 27.2 Å². The van der Waals surface area contributed by atoms with Crippen LogP contribution in [0.2, 0.25) is 0 Å². The summed E-state index contributed by atoms with van der Waals surface area (Å²) >= 11 is 0. The van der Waals surface area contributed by atoms with Crippen molar-refractivity contribution in [3.05, 3.63) is 0 Å². The van der Waals surface area contributed by atoms with Crippen molar-refractivity contribution in [2.75, 3.05) is 0 Å². The van der Waals surface area contributed by atoms with Gasteiger partial charge in [0.1, 0.15) is 11.4 Å². The van der Waals surface area contributed by atoms with Gasteiger partial charge in [0.25, 0.3) is 10.0 Å². The van der Waals surface area contributed by atoms with Crippen molar-refractivity contribution in [1.29, 1.82) is 0 Å². The van der Waals surface area contributed by atoms with Crippen molar-refractivity contribution in [2.24, 2.45) is 15.7 Å². The number of amidine groups is 1. The van der Waals surface area contributed by atoms with Crippen LogP contribution in [0.25, 0.3) is 0 Å². The van der Waals surface area contributed by atoms with Crippen molar-refractivity contribution >= 4 is 16.0 Å². The van der Waals surface area contributed by atoms with Gasteiger partial charge in [-0.2, -0.15) is 0 Å². The Balaban J connectivity index is 1.73. The standard InChI is InChI=1S/C16H28N2O3S/c1-11-8-12(10-16(2,3)9-11)17-15-18-22(19,20)14-7-5-4-6-13(14)21-15/h11-14H,4-10H2,1-3H3,(H,17,18). The monoisotopic (exact) mass is 328 g/mol. The van der Waals surface area contributed by atoms with Crippen LogP contribution in [0, 0.1) is 11.3 Å². The van der Waals surface area contributed by atoms with Gasteiger partial charge in [-0.25, -0.2) is 8.42 Å². The molecular weight excluding hydrogens is 300 g/mol. The number of nitrogens with one attached hydrogen (secondary N) is 1. The fourth-order valence-electron chi connectivity index (χ4n) is 4.58. The van der Waals surface area contributed by atoms with Gasteiger partial charge in [-0.05, 0) is 49.9 Å². The summed E-state index contributed by atoms with van der Waals surface area (Å²) in [6.07, 6.45) is 6.55. The molecule has 2 fully saturated rings. The van der Waals surface area contributed by atoms with E-state index in [0.717, 1.165) is 32.1 Å². The number of rotatable bonds is 1. The van der Waals surface area contributed by atoms with Crippen LogP contribution in [0.1, 0.15) is 65.7 Å². The van der Waals surface area contributed by atoms with E-state index in [2.05, 4.69) is 30.5 Å². The minimum Gasteiger partial charge on any atom is -0.460 e. The van der Waals surface area contributed by atoms with Gasteiger partial charge in [0, 0.05) is 6.04 Å². The highest BCUT2D eigenvalue weighted by Gasteiger charge is 2.42. The SMILES string of the molecule is CC1CC(NC2=NS(=O)(=O)C3CCCCC3O2)CC(C)(C)C1. The predicted molar refractivity (Wildman–Crippen MR) is 87.2 cm³/mol. The van der Waals surface area contributed by atoms with E-state index in [1.165, 1.54) is 6.42 Å². The molecule has 4 unspecified atom stereocenters. The molecule has 1 aliphatic heterocycles. The quantitative estimate of drug-likeness (QED) is 0.804. The zero-order chi connectivity index (χ0) is 16.0. The van der Waals surface area contributed by atoms with E-state index in [9.17, 15) is 8.42 Å². The molecule has 2 aliphatic carbocycles. The molecule has 0 aromatic heterocycles. The Morgan fingerprint density at radius 2 is 1.95 bits per heavy atom. The summed E-state index contributed by atoms with van der Waals surface area (Å²) in [7, 11) is -3.43. The number of hydrogen-bond donors (Lipinski definition) is 1. The summed E-state index contributed by atoms with van der Waals surface area (Å²) < 4.78 is 34.5. The third-order valence-electron chi connectivity index (χ3n) is 5.21. The molecule has 6 heteroatoms. The summed E-state index contributed by atoms with van der Waals surface area (Å²) in [5, 5.41) is 2.84. The van der Waals surface area contributed by atoms with E-state index < -0.39 is 15.3 Å². The maximum Gasteiger partial charge on any atom is 0.301 e. The van der Waals surface area contributed by atoms with Crippen LogP contribution in [0.5, 0.6) is 0 Å². The highest BCUT2D eigenvalue weighted by Crippen LogP contribution is 2.39. The van der Waals surface area contributed by atoms with E-state index in [1.54, 1.807) is 0 Å². The van der Waals surface area contributed by atoms with E-state index >= 15 is 0 Å². The Hall–Kier alpha value is -0.780. The lowest BCUT2D eigenvalue weighted by atomic mass is 9.71. The number of fused-ring (bicyclic) bond motifs is 1. The van der Waals surface area contributed by atoms with Crippen molar-refractivity contribution < 1.29 is 13.2 Å². The first-order chi connectivity index (χ1) is 10.3. The lowest BCUT2D eigenvalue weighted by Gasteiger charge is -2.40. The second-order valence-electron chi connectivity index (χ2n) is 8.15. The number of sulfonamides is 1. The highest BCUT2D eigenvalue weighted by atomic mass is 32.2. The molecule has 3 rings (SSSR count). The summed E-state index contributed by atoms with van der Waals surface area (Å²) in [5.74, 6) is 0.629. The van der Waals surface area contributed by atoms with Gasteiger partial charge in [0.05, 0.1) is 0 Å². The minimum absolute atomic E-state index is 0.215. The van der Waals surface area contributed by atoms with Gasteiger partial charge in [-0.15, -0.1) is 4.40 Å². The van der Waals surface area contributed by atoms with E-state index in [1.807, 2.05) is 0 Å². The van der Waals surface area contributed by atoms with Crippen LogP contribution in [0.4, 0.5) is 0 Å². The maximum absolute atomic E-state index is 12.4.